The number of amides is 4. The van der Waals surface area contributed by atoms with E-state index in [4.69, 9.17) is 14.2 Å². The first-order valence-corrected chi connectivity index (χ1v) is 14.2. The average molecular weight is 596 g/mol. The van der Waals surface area contributed by atoms with Crippen LogP contribution in [0.2, 0.25) is 0 Å². The summed E-state index contributed by atoms with van der Waals surface area (Å²) in [6.45, 7) is 7.23. The van der Waals surface area contributed by atoms with Gasteiger partial charge in [0.25, 0.3) is 17.1 Å². The minimum atomic E-state index is -0.951. The zero-order valence-corrected chi connectivity index (χ0v) is 24.9. The van der Waals surface area contributed by atoms with Crippen LogP contribution in [0, 0.1) is 0 Å². The fourth-order valence-electron chi connectivity index (χ4n) is 4.56. The van der Waals surface area contributed by atoms with E-state index in [0.717, 1.165) is 17.3 Å². The van der Waals surface area contributed by atoms with Crippen molar-refractivity contribution < 1.29 is 38.2 Å². The molecule has 2 aliphatic heterocycles. The van der Waals surface area contributed by atoms with Crippen LogP contribution in [0.3, 0.4) is 0 Å². The molecule has 12 heteroatoms. The van der Waals surface area contributed by atoms with Crippen LogP contribution in [0.25, 0.3) is 6.08 Å². The molecule has 0 saturated carbocycles. The molecule has 2 heterocycles. The lowest BCUT2D eigenvalue weighted by atomic mass is 10.1. The Morgan fingerprint density at radius 2 is 1.67 bits per heavy atom. The predicted octanol–water partition coefficient (Wildman–Crippen LogP) is 5.10. The van der Waals surface area contributed by atoms with Crippen molar-refractivity contribution in [3.8, 4) is 11.5 Å². The molecule has 2 aromatic rings. The molecule has 0 aliphatic carbocycles. The van der Waals surface area contributed by atoms with Gasteiger partial charge in [-0.05, 0) is 100 Å². The van der Waals surface area contributed by atoms with Crippen LogP contribution in [0.4, 0.5) is 15.3 Å². The van der Waals surface area contributed by atoms with Crippen LogP contribution in [0.15, 0.2) is 53.4 Å². The molecule has 0 bridgehead atoms. The molecule has 0 aromatic heterocycles. The van der Waals surface area contributed by atoms with Gasteiger partial charge in [0, 0.05) is 12.2 Å². The van der Waals surface area contributed by atoms with Crippen LogP contribution < -0.4 is 15.0 Å². The van der Waals surface area contributed by atoms with E-state index in [1.807, 2.05) is 0 Å². The van der Waals surface area contributed by atoms with Crippen molar-refractivity contribution in [2.24, 2.45) is 0 Å². The molecule has 222 valence electrons. The maximum absolute atomic E-state index is 13.8. The van der Waals surface area contributed by atoms with Crippen molar-refractivity contribution >= 4 is 52.6 Å². The van der Waals surface area contributed by atoms with Gasteiger partial charge in [-0.2, -0.15) is 0 Å². The highest BCUT2D eigenvalue weighted by molar-refractivity contribution is 8.18. The van der Waals surface area contributed by atoms with Gasteiger partial charge in [-0.1, -0.05) is 12.1 Å². The summed E-state index contributed by atoms with van der Waals surface area (Å²) in [5, 5.41) is 1.81. The number of hydrogen-bond acceptors (Lipinski definition) is 9. The average Bonchev–Trinajstić information content (AvgIpc) is 3.55. The number of esters is 1. The molecular formula is C30H33N3O8S. The number of ether oxygens (including phenoxy) is 3. The van der Waals surface area contributed by atoms with E-state index < -0.39 is 46.8 Å². The number of likely N-dealkylation sites (tertiary alicyclic amines) is 1. The molecule has 4 amide bonds. The second-order valence-electron chi connectivity index (χ2n) is 10.8. The number of rotatable bonds is 7. The normalized spacial score (nSPS) is 18.5. The molecule has 11 nitrogen and oxygen atoms in total. The van der Waals surface area contributed by atoms with Crippen LogP contribution in [-0.2, 0) is 23.9 Å². The Morgan fingerprint density at radius 1 is 1.05 bits per heavy atom. The van der Waals surface area contributed by atoms with E-state index in [1.54, 1.807) is 82.3 Å². The van der Waals surface area contributed by atoms with E-state index in [0.29, 0.717) is 41.5 Å². The quantitative estimate of drug-likeness (QED) is 0.343. The number of carbonyl (C=O) groups excluding carboxylic acids is 5. The van der Waals surface area contributed by atoms with E-state index in [-0.39, 0.29) is 0 Å². The Balaban J connectivity index is 1.51. The van der Waals surface area contributed by atoms with Crippen molar-refractivity contribution in [2.75, 3.05) is 18.6 Å². The first-order valence-electron chi connectivity index (χ1n) is 13.4. The number of nitrogens with one attached hydrogen (secondary N) is 1. The van der Waals surface area contributed by atoms with Crippen LogP contribution in [0.5, 0.6) is 11.5 Å². The van der Waals surface area contributed by atoms with E-state index in [1.165, 1.54) is 16.9 Å². The zero-order chi connectivity index (χ0) is 30.6. The summed E-state index contributed by atoms with van der Waals surface area (Å²) in [6.07, 6.45) is 2.11. The SMILES string of the molecule is COC(=O)C(C)N(C(=O)C1CCCN1C(=O)OC(C)(C)C)c1ccc(Oc2ccc(C=C3SC(=O)NC3=O)cc2)cc1. The molecule has 2 unspecified atom stereocenters. The van der Waals surface area contributed by atoms with Crippen LogP contribution in [0.1, 0.15) is 46.1 Å². The Kier molecular flexibility index (Phi) is 9.25. The largest absolute Gasteiger partial charge is 0.467 e. The van der Waals surface area contributed by atoms with Gasteiger partial charge in [0.1, 0.15) is 29.2 Å². The van der Waals surface area contributed by atoms with Crippen molar-refractivity contribution in [3.63, 3.8) is 0 Å². The highest BCUT2D eigenvalue weighted by Crippen LogP contribution is 2.30. The first-order chi connectivity index (χ1) is 19.9. The minimum Gasteiger partial charge on any atom is -0.467 e. The van der Waals surface area contributed by atoms with Crippen molar-refractivity contribution in [1.82, 2.24) is 10.2 Å². The molecule has 0 radical (unpaired) electrons. The summed E-state index contributed by atoms with van der Waals surface area (Å²) >= 11 is 0.845. The maximum atomic E-state index is 13.8. The number of methoxy groups -OCH3 is 1. The number of hydrogen-bond donors (Lipinski definition) is 1. The summed E-state index contributed by atoms with van der Waals surface area (Å²) in [5.74, 6) is -0.427. The molecule has 2 fully saturated rings. The molecule has 2 saturated heterocycles. The lowest BCUT2D eigenvalue weighted by Crippen LogP contribution is -2.53. The minimum absolute atomic E-state index is 0.316. The van der Waals surface area contributed by atoms with Crippen molar-refractivity contribution in [3.05, 3.63) is 59.0 Å². The summed E-state index contributed by atoms with van der Waals surface area (Å²) < 4.78 is 16.4. The number of imide groups is 1. The van der Waals surface area contributed by atoms with Gasteiger partial charge >= 0.3 is 12.1 Å². The van der Waals surface area contributed by atoms with Gasteiger partial charge in [-0.3, -0.25) is 29.5 Å². The van der Waals surface area contributed by atoms with Gasteiger partial charge < -0.3 is 14.2 Å². The van der Waals surface area contributed by atoms with Crippen LogP contribution >= 0.6 is 11.8 Å². The number of thioether (sulfide) groups is 1. The van der Waals surface area contributed by atoms with Gasteiger partial charge in [0.2, 0.25) is 0 Å². The molecule has 0 spiro atoms. The molecule has 2 atom stereocenters. The third kappa shape index (κ3) is 7.30. The zero-order valence-electron chi connectivity index (χ0n) is 24.0. The standard InChI is InChI=1S/C30H33N3O8S/c1-18(27(36)39-5)33(26(35)23-7-6-16-32(23)29(38)41-30(2,3)4)20-10-14-22(15-11-20)40-21-12-8-19(9-13-21)17-24-25(34)31-28(37)42-24/h8-15,17-18,23H,6-7,16H2,1-5H3,(H,31,34,37). The van der Waals surface area contributed by atoms with E-state index in [9.17, 15) is 24.0 Å². The van der Waals surface area contributed by atoms with E-state index >= 15 is 0 Å². The number of anilines is 1. The molecular weight excluding hydrogens is 562 g/mol. The van der Waals surface area contributed by atoms with Gasteiger partial charge in [0.15, 0.2) is 0 Å². The van der Waals surface area contributed by atoms with Gasteiger partial charge in [0.05, 0.1) is 12.0 Å². The Hall–Kier alpha value is -4.32. The number of benzene rings is 2. The maximum Gasteiger partial charge on any atom is 0.410 e. The van der Waals surface area contributed by atoms with Gasteiger partial charge in [-0.15, -0.1) is 0 Å². The fourth-order valence-corrected chi connectivity index (χ4v) is 5.24. The molecule has 2 aromatic carbocycles. The third-order valence-electron chi connectivity index (χ3n) is 6.50. The van der Waals surface area contributed by atoms with Crippen LogP contribution in [-0.4, -0.2) is 65.4 Å². The monoisotopic (exact) mass is 595 g/mol. The Labute approximate surface area is 248 Å². The molecule has 1 N–H and O–H groups in total. The third-order valence-corrected chi connectivity index (χ3v) is 7.31. The predicted molar refractivity (Wildman–Crippen MR) is 157 cm³/mol. The second kappa shape index (κ2) is 12.7. The Bertz CT molecular complexity index is 1400. The van der Waals surface area contributed by atoms with E-state index in [2.05, 4.69) is 5.32 Å². The molecule has 4 rings (SSSR count). The highest BCUT2D eigenvalue weighted by Gasteiger charge is 2.41. The fraction of sp³-hybridized carbons (Fsp3) is 0.367. The van der Waals surface area contributed by atoms with Crippen molar-refractivity contribution in [2.45, 2.75) is 58.2 Å². The smallest absolute Gasteiger partial charge is 0.410 e. The summed E-state index contributed by atoms with van der Waals surface area (Å²) in [6, 6.07) is 11.9. The summed E-state index contributed by atoms with van der Waals surface area (Å²) in [5.41, 5.74) is 0.444. The Morgan fingerprint density at radius 3 is 2.21 bits per heavy atom. The topological polar surface area (TPSA) is 132 Å². The summed E-state index contributed by atoms with van der Waals surface area (Å²) in [4.78, 5) is 65.4. The first kappa shape index (κ1) is 30.6. The van der Waals surface area contributed by atoms with Crippen molar-refractivity contribution in [1.29, 1.82) is 0 Å². The lowest BCUT2D eigenvalue weighted by molar-refractivity contribution is -0.143. The summed E-state index contributed by atoms with van der Waals surface area (Å²) in [7, 11) is 1.25. The molecule has 42 heavy (non-hydrogen) atoms. The van der Waals surface area contributed by atoms with Gasteiger partial charge in [-0.25, -0.2) is 9.59 Å². The number of carbonyl (C=O) groups is 5. The highest BCUT2D eigenvalue weighted by atomic mass is 32.2. The number of nitrogens with zero attached hydrogens (tertiary/aromatic N) is 2. The molecule has 2 aliphatic rings. The second-order valence-corrected chi connectivity index (χ2v) is 11.8. The lowest BCUT2D eigenvalue weighted by Gasteiger charge is -2.34.